The number of nitrogens with zero attached hydrogens (tertiary/aromatic N) is 2. The summed E-state index contributed by atoms with van der Waals surface area (Å²) in [6.45, 7) is 5.42. The lowest BCUT2D eigenvalue weighted by Gasteiger charge is -2.11. The lowest BCUT2D eigenvalue weighted by atomic mass is 10.1. The highest BCUT2D eigenvalue weighted by atomic mass is 16.5. The fourth-order valence-corrected chi connectivity index (χ4v) is 1.65. The predicted molar refractivity (Wildman–Crippen MR) is 65.7 cm³/mol. The molecule has 0 spiro atoms. The van der Waals surface area contributed by atoms with Crippen molar-refractivity contribution in [1.29, 1.82) is 0 Å². The lowest BCUT2D eigenvalue weighted by molar-refractivity contribution is 0.114. The summed E-state index contributed by atoms with van der Waals surface area (Å²) >= 11 is 0. The van der Waals surface area contributed by atoms with Crippen LogP contribution in [0.15, 0.2) is 4.52 Å². The third-order valence-electron chi connectivity index (χ3n) is 2.56. The molecule has 0 aromatic carbocycles. The van der Waals surface area contributed by atoms with Crippen molar-refractivity contribution in [2.45, 2.75) is 52.2 Å². The van der Waals surface area contributed by atoms with Crippen LogP contribution in [0.2, 0.25) is 0 Å². The van der Waals surface area contributed by atoms with Crippen LogP contribution in [0.4, 0.5) is 0 Å². The van der Waals surface area contributed by atoms with Gasteiger partial charge in [-0.2, -0.15) is 4.98 Å². The Kier molecular flexibility index (Phi) is 6.81. The highest BCUT2D eigenvalue weighted by Crippen LogP contribution is 2.06. The summed E-state index contributed by atoms with van der Waals surface area (Å²) in [5, 5.41) is 7.15. The van der Waals surface area contributed by atoms with Gasteiger partial charge >= 0.3 is 0 Å². The molecule has 0 saturated carbocycles. The van der Waals surface area contributed by atoms with Crippen LogP contribution in [0.1, 0.15) is 44.8 Å². The topological polar surface area (TPSA) is 60.2 Å². The molecular formula is C12H23N3O2. The van der Waals surface area contributed by atoms with E-state index in [9.17, 15) is 0 Å². The van der Waals surface area contributed by atoms with Gasteiger partial charge in [0, 0.05) is 19.1 Å². The van der Waals surface area contributed by atoms with E-state index in [-0.39, 0.29) is 0 Å². The molecule has 0 radical (unpaired) electrons. The van der Waals surface area contributed by atoms with Crippen molar-refractivity contribution in [1.82, 2.24) is 15.5 Å². The molecule has 0 saturated heterocycles. The molecule has 0 aliphatic carbocycles. The summed E-state index contributed by atoms with van der Waals surface area (Å²) in [6.07, 6.45) is 4.04. The Morgan fingerprint density at radius 3 is 2.82 bits per heavy atom. The van der Waals surface area contributed by atoms with Crippen molar-refractivity contribution in [2.24, 2.45) is 0 Å². The normalized spacial score (nSPS) is 12.9. The fraction of sp³-hybridized carbons (Fsp3) is 0.833. The minimum atomic E-state index is 0.407. The average molecular weight is 241 g/mol. The third kappa shape index (κ3) is 5.28. The van der Waals surface area contributed by atoms with Crippen molar-refractivity contribution in [3.8, 4) is 0 Å². The van der Waals surface area contributed by atoms with Crippen LogP contribution >= 0.6 is 0 Å². The summed E-state index contributed by atoms with van der Waals surface area (Å²) in [7, 11) is 1.96. The SMILES string of the molecule is CCCOCc1noc(CC(CCC)NC)n1. The first kappa shape index (κ1) is 14.1. The summed E-state index contributed by atoms with van der Waals surface area (Å²) < 4.78 is 10.6. The molecule has 1 aromatic heterocycles. The molecule has 1 heterocycles. The molecule has 98 valence electrons. The molecule has 0 bridgehead atoms. The third-order valence-corrected chi connectivity index (χ3v) is 2.56. The molecule has 0 aliphatic rings. The van der Waals surface area contributed by atoms with Gasteiger partial charge in [-0.05, 0) is 19.9 Å². The van der Waals surface area contributed by atoms with Gasteiger partial charge in [-0.15, -0.1) is 0 Å². The van der Waals surface area contributed by atoms with E-state index in [4.69, 9.17) is 9.26 Å². The van der Waals surface area contributed by atoms with Gasteiger partial charge in [0.1, 0.15) is 6.61 Å². The minimum absolute atomic E-state index is 0.407. The van der Waals surface area contributed by atoms with Gasteiger partial charge in [-0.3, -0.25) is 0 Å². The summed E-state index contributed by atoms with van der Waals surface area (Å²) in [5.41, 5.74) is 0. The first-order valence-corrected chi connectivity index (χ1v) is 6.36. The second-order valence-electron chi connectivity index (χ2n) is 4.14. The maximum atomic E-state index is 5.36. The Labute approximate surface area is 103 Å². The van der Waals surface area contributed by atoms with Crippen LogP contribution in [-0.2, 0) is 17.8 Å². The number of likely N-dealkylation sites (N-methyl/N-ethyl adjacent to an activating group) is 1. The molecule has 0 fully saturated rings. The molecule has 1 N–H and O–H groups in total. The molecular weight excluding hydrogens is 218 g/mol. The minimum Gasteiger partial charge on any atom is -0.373 e. The van der Waals surface area contributed by atoms with E-state index in [1.165, 1.54) is 0 Å². The number of ether oxygens (including phenoxy) is 1. The van der Waals surface area contributed by atoms with Gasteiger partial charge in [0.15, 0.2) is 5.82 Å². The highest BCUT2D eigenvalue weighted by Gasteiger charge is 2.12. The van der Waals surface area contributed by atoms with E-state index in [1.54, 1.807) is 0 Å². The van der Waals surface area contributed by atoms with Crippen molar-refractivity contribution >= 4 is 0 Å². The number of aromatic nitrogens is 2. The standard InChI is InChI=1S/C12H23N3O2/c1-4-6-10(13-3)8-12-14-11(15-17-12)9-16-7-5-2/h10,13H,4-9H2,1-3H3. The first-order valence-electron chi connectivity index (χ1n) is 6.36. The van der Waals surface area contributed by atoms with E-state index in [2.05, 4.69) is 29.3 Å². The Morgan fingerprint density at radius 2 is 2.18 bits per heavy atom. The smallest absolute Gasteiger partial charge is 0.228 e. The molecule has 1 aromatic rings. The van der Waals surface area contributed by atoms with E-state index in [1.807, 2.05) is 7.05 Å². The van der Waals surface area contributed by atoms with E-state index in [0.29, 0.717) is 24.4 Å². The molecule has 0 aliphatic heterocycles. The van der Waals surface area contributed by atoms with Crippen LogP contribution in [0, 0.1) is 0 Å². The largest absolute Gasteiger partial charge is 0.373 e. The fourth-order valence-electron chi connectivity index (χ4n) is 1.65. The van der Waals surface area contributed by atoms with Crippen molar-refractivity contribution in [3.05, 3.63) is 11.7 Å². The van der Waals surface area contributed by atoms with Crippen LogP contribution in [0.3, 0.4) is 0 Å². The zero-order valence-electron chi connectivity index (χ0n) is 11.0. The number of rotatable bonds is 9. The molecule has 1 rings (SSSR count). The quantitative estimate of drug-likeness (QED) is 0.669. The molecule has 1 atom stereocenters. The Bertz CT molecular complexity index is 302. The summed E-state index contributed by atoms with van der Waals surface area (Å²) in [4.78, 5) is 4.31. The van der Waals surface area contributed by atoms with Gasteiger partial charge in [-0.1, -0.05) is 25.4 Å². The number of hydrogen-bond acceptors (Lipinski definition) is 5. The Hall–Kier alpha value is -0.940. The number of hydrogen-bond donors (Lipinski definition) is 1. The zero-order chi connectivity index (χ0) is 12.5. The lowest BCUT2D eigenvalue weighted by Crippen LogP contribution is -2.27. The van der Waals surface area contributed by atoms with Crippen LogP contribution in [0.5, 0.6) is 0 Å². The van der Waals surface area contributed by atoms with Crippen LogP contribution in [0.25, 0.3) is 0 Å². The van der Waals surface area contributed by atoms with Gasteiger partial charge in [0.05, 0.1) is 0 Å². The first-order chi connectivity index (χ1) is 8.30. The number of nitrogens with one attached hydrogen (secondary N) is 1. The van der Waals surface area contributed by atoms with Crippen LogP contribution < -0.4 is 5.32 Å². The molecule has 5 nitrogen and oxygen atoms in total. The maximum Gasteiger partial charge on any atom is 0.228 e. The molecule has 17 heavy (non-hydrogen) atoms. The van der Waals surface area contributed by atoms with Gasteiger partial charge in [0.25, 0.3) is 0 Å². The van der Waals surface area contributed by atoms with Gasteiger partial charge in [0.2, 0.25) is 5.89 Å². The highest BCUT2D eigenvalue weighted by molar-refractivity contribution is 4.88. The molecule has 1 unspecified atom stereocenters. The average Bonchev–Trinajstić information content (AvgIpc) is 2.77. The second-order valence-corrected chi connectivity index (χ2v) is 4.14. The van der Waals surface area contributed by atoms with Crippen LogP contribution in [-0.4, -0.2) is 29.8 Å². The zero-order valence-corrected chi connectivity index (χ0v) is 11.0. The van der Waals surface area contributed by atoms with E-state index in [0.717, 1.165) is 32.3 Å². The molecule has 5 heteroatoms. The Morgan fingerprint density at radius 1 is 1.35 bits per heavy atom. The monoisotopic (exact) mass is 241 g/mol. The second kappa shape index (κ2) is 8.20. The Balaban J connectivity index is 2.38. The van der Waals surface area contributed by atoms with E-state index >= 15 is 0 Å². The van der Waals surface area contributed by atoms with Crippen molar-refractivity contribution in [2.75, 3.05) is 13.7 Å². The van der Waals surface area contributed by atoms with Crippen molar-refractivity contribution in [3.63, 3.8) is 0 Å². The van der Waals surface area contributed by atoms with E-state index < -0.39 is 0 Å². The molecule has 0 amide bonds. The predicted octanol–water partition coefficient (Wildman–Crippen LogP) is 1.93. The van der Waals surface area contributed by atoms with Gasteiger partial charge < -0.3 is 14.6 Å². The van der Waals surface area contributed by atoms with Crippen molar-refractivity contribution < 1.29 is 9.26 Å². The summed E-state index contributed by atoms with van der Waals surface area (Å²) in [6, 6.07) is 0.407. The maximum absolute atomic E-state index is 5.36. The summed E-state index contributed by atoms with van der Waals surface area (Å²) in [5.74, 6) is 1.33. The van der Waals surface area contributed by atoms with Gasteiger partial charge in [-0.25, -0.2) is 0 Å².